The maximum atomic E-state index is 12.7. The van der Waals surface area contributed by atoms with Crippen LogP contribution in [0, 0.1) is 11.8 Å². The van der Waals surface area contributed by atoms with Gasteiger partial charge in [0.05, 0.1) is 22.6 Å². The molecule has 2 atom stereocenters. The van der Waals surface area contributed by atoms with Crippen molar-refractivity contribution in [1.82, 2.24) is 5.43 Å². The Hall–Kier alpha value is -3.49. The maximum absolute atomic E-state index is 12.7. The second-order valence-electron chi connectivity index (χ2n) is 7.94. The number of aliphatic carboxylic acids is 1. The average molecular weight is 496 g/mol. The number of nitrogens with zero attached hydrogens (tertiary/aromatic N) is 1. The highest BCUT2D eigenvalue weighted by Gasteiger charge is 2.34. The zero-order valence-corrected chi connectivity index (χ0v) is 19.8. The number of hydrazone groups is 1. The Morgan fingerprint density at radius 2 is 1.79 bits per heavy atom. The van der Waals surface area contributed by atoms with E-state index in [9.17, 15) is 19.5 Å². The molecule has 1 aliphatic carbocycles. The van der Waals surface area contributed by atoms with Gasteiger partial charge in [0.2, 0.25) is 5.91 Å². The Balaban J connectivity index is 1.45. The molecule has 1 aromatic heterocycles. The summed E-state index contributed by atoms with van der Waals surface area (Å²) in [5, 5.41) is 17.6. The van der Waals surface area contributed by atoms with E-state index in [1.807, 2.05) is 30.3 Å². The van der Waals surface area contributed by atoms with E-state index in [0.717, 1.165) is 10.1 Å². The number of carboxylic acids is 1. The minimum absolute atomic E-state index is 0.336. The molecule has 3 N–H and O–H groups in total. The number of carbonyl (C=O) groups is 3. The van der Waals surface area contributed by atoms with Crippen molar-refractivity contribution >= 4 is 62.2 Å². The van der Waals surface area contributed by atoms with E-state index in [-0.39, 0.29) is 5.91 Å². The maximum Gasteiger partial charge on any atom is 0.307 e. The molecule has 0 bridgehead atoms. The zero-order chi connectivity index (χ0) is 24.2. The summed E-state index contributed by atoms with van der Waals surface area (Å²) in [6.07, 6.45) is 4.35. The Labute approximate surface area is 205 Å². The number of benzene rings is 2. The normalized spacial score (nSPS) is 18.0. The average Bonchev–Trinajstić information content (AvgIpc) is 3.19. The number of carbonyl (C=O) groups excluding carboxylic acids is 2. The van der Waals surface area contributed by atoms with Gasteiger partial charge in [-0.25, -0.2) is 5.43 Å². The Morgan fingerprint density at radius 3 is 2.53 bits per heavy atom. The third kappa shape index (κ3) is 5.03. The highest BCUT2D eigenvalue weighted by atomic mass is 35.5. The molecule has 4 rings (SSSR count). The van der Waals surface area contributed by atoms with Crippen LogP contribution in [0.4, 0.5) is 5.69 Å². The molecular weight excluding hydrogens is 474 g/mol. The van der Waals surface area contributed by atoms with Crippen LogP contribution in [0.2, 0.25) is 5.02 Å². The summed E-state index contributed by atoms with van der Waals surface area (Å²) in [4.78, 5) is 37.3. The summed E-state index contributed by atoms with van der Waals surface area (Å²) in [5.41, 5.74) is 4.29. The lowest BCUT2D eigenvalue weighted by Crippen LogP contribution is -2.34. The number of halogens is 1. The van der Waals surface area contributed by atoms with Crippen LogP contribution in [0.3, 0.4) is 0 Å². The van der Waals surface area contributed by atoms with Crippen LogP contribution in [0.1, 0.15) is 35.0 Å². The Morgan fingerprint density at radius 1 is 1.06 bits per heavy atom. The van der Waals surface area contributed by atoms with Gasteiger partial charge in [-0.1, -0.05) is 54.1 Å². The molecule has 0 fully saturated rings. The molecule has 0 spiro atoms. The van der Waals surface area contributed by atoms with Crippen LogP contribution >= 0.6 is 22.9 Å². The van der Waals surface area contributed by atoms with Crippen LogP contribution in [0.5, 0.6) is 0 Å². The molecule has 34 heavy (non-hydrogen) atoms. The summed E-state index contributed by atoms with van der Waals surface area (Å²) in [7, 11) is 0. The third-order valence-electron chi connectivity index (χ3n) is 5.70. The Kier molecular flexibility index (Phi) is 7.09. The Bertz CT molecular complexity index is 1330. The van der Waals surface area contributed by atoms with E-state index in [1.165, 1.54) is 11.3 Å². The van der Waals surface area contributed by atoms with Gasteiger partial charge in [0.15, 0.2) is 0 Å². The zero-order valence-electron chi connectivity index (χ0n) is 18.2. The van der Waals surface area contributed by atoms with Gasteiger partial charge in [-0.15, -0.1) is 11.3 Å². The number of allylic oxidation sites excluding steroid dienone is 2. The monoisotopic (exact) mass is 495 g/mol. The number of nitrogens with one attached hydrogen (secondary N) is 2. The number of amides is 2. The number of hydrogen-bond donors (Lipinski definition) is 3. The first-order chi connectivity index (χ1) is 16.3. The molecule has 2 aromatic carbocycles. The molecule has 0 radical (unpaired) electrons. The van der Waals surface area contributed by atoms with Gasteiger partial charge in [-0.05, 0) is 43.5 Å². The van der Waals surface area contributed by atoms with E-state index in [4.69, 9.17) is 11.6 Å². The summed E-state index contributed by atoms with van der Waals surface area (Å²) in [6, 6.07) is 14.5. The number of fused-ring (bicyclic) bond motifs is 1. The molecule has 0 saturated carbocycles. The van der Waals surface area contributed by atoms with E-state index in [1.54, 1.807) is 37.3 Å². The predicted octanol–water partition coefficient (Wildman–Crippen LogP) is 5.31. The van der Waals surface area contributed by atoms with E-state index >= 15 is 0 Å². The summed E-state index contributed by atoms with van der Waals surface area (Å²) < 4.78 is 0.917. The molecule has 2 amide bonds. The first kappa shape index (κ1) is 23.7. The topological polar surface area (TPSA) is 108 Å². The van der Waals surface area contributed by atoms with Crippen molar-refractivity contribution in [2.75, 3.05) is 5.32 Å². The van der Waals surface area contributed by atoms with Crippen molar-refractivity contribution in [3.63, 3.8) is 0 Å². The van der Waals surface area contributed by atoms with Crippen LogP contribution in [-0.2, 0) is 9.59 Å². The highest BCUT2D eigenvalue weighted by molar-refractivity contribution is 7.21. The number of hydrogen-bond acceptors (Lipinski definition) is 5. The lowest BCUT2D eigenvalue weighted by atomic mass is 9.82. The molecule has 1 heterocycles. The molecule has 9 heteroatoms. The minimum Gasteiger partial charge on any atom is -0.481 e. The fourth-order valence-corrected chi connectivity index (χ4v) is 5.25. The number of carboxylic acid groups (broad SMARTS) is 1. The van der Waals surface area contributed by atoms with Crippen LogP contribution in [0.15, 0.2) is 65.8 Å². The lowest BCUT2D eigenvalue weighted by molar-refractivity contribution is -0.146. The molecule has 174 valence electrons. The molecule has 3 aromatic rings. The van der Waals surface area contributed by atoms with Crippen LogP contribution in [0.25, 0.3) is 10.1 Å². The summed E-state index contributed by atoms with van der Waals surface area (Å²) in [5.74, 6) is -3.09. The van der Waals surface area contributed by atoms with Crippen molar-refractivity contribution in [1.29, 1.82) is 0 Å². The first-order valence-corrected chi connectivity index (χ1v) is 11.9. The molecule has 0 saturated heterocycles. The van der Waals surface area contributed by atoms with Crippen molar-refractivity contribution in [3.8, 4) is 0 Å². The second kappa shape index (κ2) is 10.2. The second-order valence-corrected chi connectivity index (χ2v) is 9.37. The van der Waals surface area contributed by atoms with Crippen molar-refractivity contribution in [3.05, 3.63) is 76.1 Å². The van der Waals surface area contributed by atoms with Crippen molar-refractivity contribution in [2.24, 2.45) is 16.9 Å². The van der Waals surface area contributed by atoms with Gasteiger partial charge >= 0.3 is 5.97 Å². The SMILES string of the molecule is C/C(=N/NC(=O)c1sc2ccccc2c1Cl)c1cccc(NC(=O)[C@@H]2CC=CC[C@H]2C(=O)O)c1. The molecule has 1 aliphatic rings. The third-order valence-corrected chi connectivity index (χ3v) is 7.37. The van der Waals surface area contributed by atoms with Crippen molar-refractivity contribution < 1.29 is 19.5 Å². The van der Waals surface area contributed by atoms with E-state index in [0.29, 0.717) is 39.7 Å². The van der Waals surface area contributed by atoms with Crippen molar-refractivity contribution in [2.45, 2.75) is 19.8 Å². The lowest BCUT2D eigenvalue weighted by Gasteiger charge is -2.24. The number of thiophene rings is 1. The van der Waals surface area contributed by atoms with Gasteiger partial charge in [0.1, 0.15) is 4.88 Å². The minimum atomic E-state index is -0.976. The predicted molar refractivity (Wildman–Crippen MR) is 135 cm³/mol. The number of anilines is 1. The first-order valence-electron chi connectivity index (χ1n) is 10.7. The molecule has 7 nitrogen and oxygen atoms in total. The highest BCUT2D eigenvalue weighted by Crippen LogP contribution is 2.35. The van der Waals surface area contributed by atoms with Gasteiger partial charge in [-0.3, -0.25) is 14.4 Å². The van der Waals surface area contributed by atoms with Gasteiger partial charge in [0.25, 0.3) is 5.91 Å². The number of rotatable bonds is 6. The summed E-state index contributed by atoms with van der Waals surface area (Å²) >= 11 is 7.66. The fourth-order valence-electron chi connectivity index (χ4n) is 3.84. The molecular formula is C25H22ClN3O4S. The fraction of sp³-hybridized carbons (Fsp3) is 0.200. The molecule has 0 unspecified atom stereocenters. The van der Waals surface area contributed by atoms with Gasteiger partial charge < -0.3 is 10.4 Å². The quantitative estimate of drug-likeness (QED) is 0.244. The van der Waals surface area contributed by atoms with Gasteiger partial charge in [-0.2, -0.15) is 5.10 Å². The van der Waals surface area contributed by atoms with E-state index in [2.05, 4.69) is 15.8 Å². The molecule has 0 aliphatic heterocycles. The van der Waals surface area contributed by atoms with Crippen LogP contribution < -0.4 is 10.7 Å². The largest absolute Gasteiger partial charge is 0.481 e. The van der Waals surface area contributed by atoms with E-state index < -0.39 is 23.7 Å². The summed E-state index contributed by atoms with van der Waals surface area (Å²) in [6.45, 7) is 1.74. The standard InChI is InChI=1S/C25H22ClN3O4S/c1-14(28-29-24(31)22-21(26)19-11-4-5-12-20(19)34-22)15-7-6-8-16(13-15)27-23(30)17-9-2-3-10-18(17)25(32)33/h2-8,11-13,17-18H,9-10H2,1H3,(H,27,30)(H,29,31)(H,32,33)/b28-14-/t17-,18-/m1/s1. The van der Waals surface area contributed by atoms with Gasteiger partial charge in [0, 0.05) is 15.8 Å². The van der Waals surface area contributed by atoms with Crippen LogP contribution in [-0.4, -0.2) is 28.6 Å². The smallest absolute Gasteiger partial charge is 0.307 e.